The molecule has 5 heteroatoms. The van der Waals surface area contributed by atoms with E-state index in [4.69, 9.17) is 10.5 Å². The van der Waals surface area contributed by atoms with Crippen LogP contribution in [0.5, 0.6) is 5.75 Å². The number of ether oxygens (including phenoxy) is 1. The number of carbonyl (C=O) groups is 1. The van der Waals surface area contributed by atoms with Crippen molar-refractivity contribution in [3.8, 4) is 5.75 Å². The molecule has 2 unspecified atom stereocenters. The average molecular weight is 333 g/mol. The largest absolute Gasteiger partial charge is 0.493 e. The van der Waals surface area contributed by atoms with Gasteiger partial charge in [0.15, 0.2) is 0 Å². The van der Waals surface area contributed by atoms with Crippen molar-refractivity contribution in [3.05, 3.63) is 65.7 Å². The van der Waals surface area contributed by atoms with E-state index in [0.717, 1.165) is 16.9 Å². The normalized spacial score (nSPS) is 17.2. The molecule has 4 nitrogen and oxygen atoms in total. The highest BCUT2D eigenvalue weighted by Gasteiger charge is 2.27. The Morgan fingerprint density at radius 3 is 2.65 bits per heavy atom. The number of hydrogen-bond acceptors (Lipinski definition) is 3. The van der Waals surface area contributed by atoms with Gasteiger partial charge in [0.2, 0.25) is 5.91 Å². The van der Waals surface area contributed by atoms with Crippen molar-refractivity contribution in [3.63, 3.8) is 0 Å². The van der Waals surface area contributed by atoms with Gasteiger partial charge < -0.3 is 15.8 Å². The fourth-order valence-electron chi connectivity index (χ4n) is 2.77. The number of para-hydroxylation sites is 1. The van der Waals surface area contributed by atoms with Crippen LogP contribution >= 0.6 is 12.4 Å². The summed E-state index contributed by atoms with van der Waals surface area (Å²) in [5, 5.41) is 2.97. The number of amides is 1. The zero-order valence-electron chi connectivity index (χ0n) is 12.8. The van der Waals surface area contributed by atoms with E-state index < -0.39 is 0 Å². The van der Waals surface area contributed by atoms with Gasteiger partial charge in [-0.05, 0) is 18.1 Å². The molecule has 0 spiro atoms. The van der Waals surface area contributed by atoms with Gasteiger partial charge in [0.1, 0.15) is 5.75 Å². The highest BCUT2D eigenvalue weighted by atomic mass is 35.5. The first-order valence-electron chi connectivity index (χ1n) is 7.55. The third-order valence-corrected chi connectivity index (χ3v) is 4.00. The SMILES string of the molecule is Cl.NC(CNC(=O)C1CCOc2ccccc21)c1ccccc1. The fourth-order valence-corrected chi connectivity index (χ4v) is 2.77. The summed E-state index contributed by atoms with van der Waals surface area (Å²) in [5.74, 6) is 0.663. The van der Waals surface area contributed by atoms with Crippen molar-refractivity contribution >= 4 is 18.3 Å². The van der Waals surface area contributed by atoms with E-state index >= 15 is 0 Å². The minimum atomic E-state index is -0.194. The summed E-state index contributed by atoms with van der Waals surface area (Å²) in [6.45, 7) is 1.00. The van der Waals surface area contributed by atoms with Gasteiger partial charge in [-0.1, -0.05) is 48.5 Å². The van der Waals surface area contributed by atoms with Gasteiger partial charge in [-0.3, -0.25) is 4.79 Å². The van der Waals surface area contributed by atoms with Gasteiger partial charge in [-0.25, -0.2) is 0 Å². The van der Waals surface area contributed by atoms with E-state index in [1.165, 1.54) is 0 Å². The number of hydrogen-bond donors (Lipinski definition) is 2. The molecule has 1 aliphatic heterocycles. The Morgan fingerprint density at radius 2 is 1.87 bits per heavy atom. The van der Waals surface area contributed by atoms with Crippen LogP contribution < -0.4 is 15.8 Å². The lowest BCUT2D eigenvalue weighted by Crippen LogP contribution is -2.36. The first kappa shape index (κ1) is 17.3. The Hall–Kier alpha value is -2.04. The Morgan fingerprint density at radius 1 is 1.17 bits per heavy atom. The summed E-state index contributed by atoms with van der Waals surface area (Å²) in [7, 11) is 0. The maximum Gasteiger partial charge on any atom is 0.227 e. The minimum absolute atomic E-state index is 0. The topological polar surface area (TPSA) is 64.3 Å². The number of nitrogens with one attached hydrogen (secondary N) is 1. The molecule has 122 valence electrons. The number of halogens is 1. The molecular formula is C18H21ClN2O2. The maximum absolute atomic E-state index is 12.5. The maximum atomic E-state index is 12.5. The fraction of sp³-hybridized carbons (Fsp3) is 0.278. The molecule has 2 atom stereocenters. The van der Waals surface area contributed by atoms with Crippen LogP contribution in [0, 0.1) is 0 Å². The van der Waals surface area contributed by atoms with Gasteiger partial charge in [0.25, 0.3) is 0 Å². The molecule has 3 rings (SSSR count). The number of benzene rings is 2. The summed E-state index contributed by atoms with van der Waals surface area (Å²) in [4.78, 5) is 12.5. The number of rotatable bonds is 4. The number of carbonyl (C=O) groups excluding carboxylic acids is 1. The molecule has 3 N–H and O–H groups in total. The van der Waals surface area contributed by atoms with E-state index in [0.29, 0.717) is 19.6 Å². The van der Waals surface area contributed by atoms with Gasteiger partial charge in [-0.2, -0.15) is 0 Å². The molecule has 2 aromatic rings. The van der Waals surface area contributed by atoms with Gasteiger partial charge >= 0.3 is 0 Å². The van der Waals surface area contributed by atoms with Crippen LogP contribution in [-0.2, 0) is 4.79 Å². The summed E-state index contributed by atoms with van der Waals surface area (Å²) in [5.41, 5.74) is 8.11. The van der Waals surface area contributed by atoms with E-state index in [1.54, 1.807) is 0 Å². The second kappa shape index (κ2) is 7.99. The van der Waals surface area contributed by atoms with Crippen LogP contribution in [0.2, 0.25) is 0 Å². The Bertz CT molecular complexity index is 648. The van der Waals surface area contributed by atoms with Crippen LogP contribution in [0.15, 0.2) is 54.6 Å². The van der Waals surface area contributed by atoms with Crippen LogP contribution in [0.25, 0.3) is 0 Å². The molecule has 23 heavy (non-hydrogen) atoms. The number of nitrogens with two attached hydrogens (primary N) is 1. The number of fused-ring (bicyclic) bond motifs is 1. The monoisotopic (exact) mass is 332 g/mol. The van der Waals surface area contributed by atoms with E-state index in [-0.39, 0.29) is 30.3 Å². The average Bonchev–Trinajstić information content (AvgIpc) is 2.59. The molecule has 2 aromatic carbocycles. The molecule has 1 heterocycles. The van der Waals surface area contributed by atoms with Crippen molar-refractivity contribution in [2.24, 2.45) is 5.73 Å². The lowest BCUT2D eigenvalue weighted by atomic mass is 9.92. The molecule has 0 bridgehead atoms. The van der Waals surface area contributed by atoms with Crippen LogP contribution in [-0.4, -0.2) is 19.1 Å². The van der Waals surface area contributed by atoms with Crippen molar-refractivity contribution in [2.75, 3.05) is 13.2 Å². The van der Waals surface area contributed by atoms with E-state index in [2.05, 4.69) is 5.32 Å². The molecule has 1 aliphatic rings. The second-order valence-electron chi connectivity index (χ2n) is 5.49. The van der Waals surface area contributed by atoms with Crippen molar-refractivity contribution in [1.82, 2.24) is 5.32 Å². The summed E-state index contributed by atoms with van der Waals surface area (Å²) >= 11 is 0. The van der Waals surface area contributed by atoms with Crippen molar-refractivity contribution in [1.29, 1.82) is 0 Å². The molecular weight excluding hydrogens is 312 g/mol. The first-order chi connectivity index (χ1) is 10.8. The molecule has 1 amide bonds. The van der Waals surface area contributed by atoms with Crippen LogP contribution in [0.3, 0.4) is 0 Å². The predicted octanol–water partition coefficient (Wildman–Crippen LogP) is 2.79. The van der Waals surface area contributed by atoms with E-state index in [1.807, 2.05) is 54.6 Å². The molecule has 0 radical (unpaired) electrons. The Labute approximate surface area is 142 Å². The smallest absolute Gasteiger partial charge is 0.227 e. The lowest BCUT2D eigenvalue weighted by Gasteiger charge is -2.25. The third-order valence-electron chi connectivity index (χ3n) is 4.00. The third kappa shape index (κ3) is 4.03. The minimum Gasteiger partial charge on any atom is -0.493 e. The molecule has 0 fully saturated rings. The molecule has 0 aromatic heterocycles. The molecule has 0 aliphatic carbocycles. The summed E-state index contributed by atoms with van der Waals surface area (Å²) < 4.78 is 5.59. The summed E-state index contributed by atoms with van der Waals surface area (Å²) in [6, 6.07) is 17.3. The molecule has 0 saturated carbocycles. The van der Waals surface area contributed by atoms with Gasteiger partial charge in [0, 0.05) is 18.2 Å². The standard InChI is InChI=1S/C18H20N2O2.ClH/c19-16(13-6-2-1-3-7-13)12-20-18(21)15-10-11-22-17-9-5-4-8-14(15)17;/h1-9,15-16H,10-12,19H2,(H,20,21);1H. The Kier molecular flexibility index (Phi) is 6.02. The van der Waals surface area contributed by atoms with Gasteiger partial charge in [-0.15, -0.1) is 12.4 Å². The van der Waals surface area contributed by atoms with Crippen LogP contribution in [0.4, 0.5) is 0 Å². The van der Waals surface area contributed by atoms with Crippen molar-refractivity contribution < 1.29 is 9.53 Å². The Balaban J connectivity index is 0.00000192. The first-order valence-corrected chi connectivity index (χ1v) is 7.55. The second-order valence-corrected chi connectivity index (χ2v) is 5.49. The highest BCUT2D eigenvalue weighted by Crippen LogP contribution is 2.33. The molecule has 0 saturated heterocycles. The zero-order valence-corrected chi connectivity index (χ0v) is 13.6. The highest BCUT2D eigenvalue weighted by molar-refractivity contribution is 5.85. The lowest BCUT2D eigenvalue weighted by molar-refractivity contribution is -0.123. The zero-order chi connectivity index (χ0) is 15.4. The predicted molar refractivity (Wildman–Crippen MR) is 92.9 cm³/mol. The quantitative estimate of drug-likeness (QED) is 0.905. The van der Waals surface area contributed by atoms with Crippen molar-refractivity contribution in [2.45, 2.75) is 18.4 Å². The van der Waals surface area contributed by atoms with Crippen LogP contribution in [0.1, 0.15) is 29.5 Å². The summed E-state index contributed by atoms with van der Waals surface area (Å²) in [6.07, 6.45) is 0.698. The van der Waals surface area contributed by atoms with Gasteiger partial charge in [0.05, 0.1) is 12.5 Å². The van der Waals surface area contributed by atoms with E-state index in [9.17, 15) is 4.79 Å².